The first-order valence-electron chi connectivity index (χ1n) is 9.58. The normalized spacial score (nSPS) is 10.1. The van der Waals surface area contributed by atoms with E-state index in [1.54, 1.807) is 66.7 Å². The van der Waals surface area contributed by atoms with Crippen LogP contribution in [0.5, 0.6) is 11.5 Å². The van der Waals surface area contributed by atoms with Crippen LogP contribution in [0.2, 0.25) is 0 Å². The van der Waals surface area contributed by atoms with E-state index in [1.807, 2.05) is 0 Å². The number of benzene rings is 3. The van der Waals surface area contributed by atoms with Crippen molar-refractivity contribution in [3.63, 3.8) is 0 Å². The summed E-state index contributed by atoms with van der Waals surface area (Å²) in [4.78, 5) is 36.5. The standard InChI is InChI=1S/C24H22N2O6/c1-30-20-13-8-17(14-21(20)31-2)23(28)26-18-9-4-15(5-10-18)22(27)25-19-11-6-16(7-12-19)24(29)32-3/h4-14H,1-3H3,(H,25,27)(H,26,28). The first-order valence-corrected chi connectivity index (χ1v) is 9.58. The van der Waals surface area contributed by atoms with E-state index in [2.05, 4.69) is 15.4 Å². The highest BCUT2D eigenvalue weighted by Gasteiger charge is 2.12. The Kier molecular flexibility index (Phi) is 7.07. The molecule has 3 aromatic rings. The fourth-order valence-electron chi connectivity index (χ4n) is 2.90. The van der Waals surface area contributed by atoms with Gasteiger partial charge in [-0.25, -0.2) is 4.79 Å². The SMILES string of the molecule is COC(=O)c1ccc(NC(=O)c2ccc(NC(=O)c3ccc(OC)c(OC)c3)cc2)cc1. The number of hydrogen-bond donors (Lipinski definition) is 2. The van der Waals surface area contributed by atoms with E-state index in [0.29, 0.717) is 39.6 Å². The zero-order chi connectivity index (χ0) is 23.1. The number of carbonyl (C=O) groups is 3. The molecule has 0 aliphatic carbocycles. The lowest BCUT2D eigenvalue weighted by Crippen LogP contribution is -2.14. The highest BCUT2D eigenvalue weighted by molar-refractivity contribution is 6.06. The fourth-order valence-corrected chi connectivity index (χ4v) is 2.90. The molecule has 0 aliphatic rings. The molecule has 0 aromatic heterocycles. The monoisotopic (exact) mass is 434 g/mol. The van der Waals surface area contributed by atoms with Gasteiger partial charge in [-0.15, -0.1) is 0 Å². The molecule has 8 heteroatoms. The van der Waals surface area contributed by atoms with Gasteiger partial charge < -0.3 is 24.8 Å². The number of nitrogens with one attached hydrogen (secondary N) is 2. The third kappa shape index (κ3) is 5.23. The lowest BCUT2D eigenvalue weighted by molar-refractivity contribution is 0.0600. The summed E-state index contributed by atoms with van der Waals surface area (Å²) in [5, 5.41) is 5.52. The van der Waals surface area contributed by atoms with Crippen molar-refractivity contribution in [2.75, 3.05) is 32.0 Å². The van der Waals surface area contributed by atoms with E-state index in [0.717, 1.165) is 0 Å². The molecular formula is C24H22N2O6. The number of carbonyl (C=O) groups excluding carboxylic acids is 3. The Morgan fingerprint density at radius 2 is 1.06 bits per heavy atom. The van der Waals surface area contributed by atoms with Crippen molar-refractivity contribution >= 4 is 29.2 Å². The van der Waals surface area contributed by atoms with Gasteiger partial charge in [-0.1, -0.05) is 0 Å². The van der Waals surface area contributed by atoms with Crippen LogP contribution in [0.4, 0.5) is 11.4 Å². The molecule has 0 fully saturated rings. The summed E-state index contributed by atoms with van der Waals surface area (Å²) >= 11 is 0. The summed E-state index contributed by atoms with van der Waals surface area (Å²) < 4.78 is 15.0. The molecule has 0 radical (unpaired) electrons. The van der Waals surface area contributed by atoms with E-state index in [-0.39, 0.29) is 11.8 Å². The molecule has 0 spiro atoms. The smallest absolute Gasteiger partial charge is 0.337 e. The van der Waals surface area contributed by atoms with E-state index in [4.69, 9.17) is 9.47 Å². The molecule has 0 saturated heterocycles. The second-order valence-electron chi connectivity index (χ2n) is 6.62. The number of methoxy groups -OCH3 is 3. The fraction of sp³-hybridized carbons (Fsp3) is 0.125. The molecule has 3 aromatic carbocycles. The lowest BCUT2D eigenvalue weighted by Gasteiger charge is -2.10. The summed E-state index contributed by atoms with van der Waals surface area (Å²) in [5.41, 5.74) is 2.27. The highest BCUT2D eigenvalue weighted by Crippen LogP contribution is 2.28. The Labute approximate surface area is 185 Å². The molecule has 0 aliphatic heterocycles. The Morgan fingerprint density at radius 3 is 1.56 bits per heavy atom. The number of hydrogen-bond acceptors (Lipinski definition) is 6. The van der Waals surface area contributed by atoms with E-state index >= 15 is 0 Å². The molecular weight excluding hydrogens is 412 g/mol. The zero-order valence-electron chi connectivity index (χ0n) is 17.8. The minimum absolute atomic E-state index is 0.325. The van der Waals surface area contributed by atoms with Crippen LogP contribution in [-0.2, 0) is 4.74 Å². The number of anilines is 2. The Bertz CT molecular complexity index is 1120. The van der Waals surface area contributed by atoms with Crippen LogP contribution < -0.4 is 20.1 Å². The largest absolute Gasteiger partial charge is 0.493 e. The van der Waals surface area contributed by atoms with Gasteiger partial charge in [0.2, 0.25) is 0 Å². The average molecular weight is 434 g/mol. The van der Waals surface area contributed by atoms with Crippen LogP contribution in [0.15, 0.2) is 66.7 Å². The summed E-state index contributed by atoms with van der Waals surface area (Å²) in [6.45, 7) is 0. The Balaban J connectivity index is 1.63. The summed E-state index contributed by atoms with van der Waals surface area (Å²) in [6.07, 6.45) is 0. The van der Waals surface area contributed by atoms with Gasteiger partial charge in [0.15, 0.2) is 11.5 Å². The minimum Gasteiger partial charge on any atom is -0.493 e. The van der Waals surface area contributed by atoms with Gasteiger partial charge in [0.05, 0.1) is 26.9 Å². The summed E-state index contributed by atoms with van der Waals surface area (Å²) in [7, 11) is 4.32. The predicted octanol–water partition coefficient (Wildman–Crippen LogP) is 4.00. The maximum atomic E-state index is 12.5. The van der Waals surface area contributed by atoms with Gasteiger partial charge in [0.25, 0.3) is 11.8 Å². The van der Waals surface area contributed by atoms with Crippen LogP contribution >= 0.6 is 0 Å². The van der Waals surface area contributed by atoms with Crippen molar-refractivity contribution in [2.45, 2.75) is 0 Å². The predicted molar refractivity (Wildman–Crippen MR) is 120 cm³/mol. The van der Waals surface area contributed by atoms with E-state index in [1.165, 1.54) is 21.3 Å². The molecule has 0 heterocycles. The van der Waals surface area contributed by atoms with Crippen molar-refractivity contribution in [1.82, 2.24) is 0 Å². The van der Waals surface area contributed by atoms with Gasteiger partial charge >= 0.3 is 5.97 Å². The molecule has 164 valence electrons. The maximum absolute atomic E-state index is 12.5. The van der Waals surface area contributed by atoms with Crippen LogP contribution in [0.3, 0.4) is 0 Å². The Morgan fingerprint density at radius 1 is 0.594 bits per heavy atom. The minimum atomic E-state index is -0.450. The highest BCUT2D eigenvalue weighted by atomic mass is 16.5. The number of esters is 1. The third-order valence-corrected chi connectivity index (χ3v) is 4.61. The van der Waals surface area contributed by atoms with Crippen molar-refractivity contribution in [2.24, 2.45) is 0 Å². The number of rotatable bonds is 7. The molecule has 0 atom stereocenters. The average Bonchev–Trinajstić information content (AvgIpc) is 2.83. The molecule has 8 nitrogen and oxygen atoms in total. The number of amides is 2. The number of ether oxygens (including phenoxy) is 3. The van der Waals surface area contributed by atoms with E-state index in [9.17, 15) is 14.4 Å². The Hall–Kier alpha value is -4.33. The second-order valence-corrected chi connectivity index (χ2v) is 6.62. The quantitative estimate of drug-likeness (QED) is 0.545. The van der Waals surface area contributed by atoms with Crippen molar-refractivity contribution in [1.29, 1.82) is 0 Å². The van der Waals surface area contributed by atoms with Crippen molar-refractivity contribution < 1.29 is 28.6 Å². The van der Waals surface area contributed by atoms with Gasteiger partial charge in [-0.2, -0.15) is 0 Å². The maximum Gasteiger partial charge on any atom is 0.337 e. The molecule has 0 bridgehead atoms. The van der Waals surface area contributed by atoms with E-state index < -0.39 is 5.97 Å². The lowest BCUT2D eigenvalue weighted by atomic mass is 10.1. The van der Waals surface area contributed by atoms with Crippen LogP contribution in [0.1, 0.15) is 31.1 Å². The molecule has 0 unspecified atom stereocenters. The van der Waals surface area contributed by atoms with Crippen LogP contribution in [-0.4, -0.2) is 39.1 Å². The molecule has 3 rings (SSSR count). The van der Waals surface area contributed by atoms with Crippen molar-refractivity contribution in [3.05, 3.63) is 83.4 Å². The zero-order valence-corrected chi connectivity index (χ0v) is 17.8. The van der Waals surface area contributed by atoms with Gasteiger partial charge in [0, 0.05) is 22.5 Å². The van der Waals surface area contributed by atoms with Crippen LogP contribution in [0.25, 0.3) is 0 Å². The first-order chi connectivity index (χ1) is 15.4. The topological polar surface area (TPSA) is 103 Å². The van der Waals surface area contributed by atoms with Crippen LogP contribution in [0, 0.1) is 0 Å². The second kappa shape index (κ2) is 10.1. The first kappa shape index (κ1) is 22.4. The molecule has 2 amide bonds. The molecule has 32 heavy (non-hydrogen) atoms. The molecule has 2 N–H and O–H groups in total. The van der Waals surface area contributed by atoms with Gasteiger partial charge in [0.1, 0.15) is 0 Å². The third-order valence-electron chi connectivity index (χ3n) is 4.61. The van der Waals surface area contributed by atoms with Gasteiger partial charge in [-0.3, -0.25) is 9.59 Å². The molecule has 0 saturated carbocycles. The summed E-state index contributed by atoms with van der Waals surface area (Å²) in [5.74, 6) is -0.123. The van der Waals surface area contributed by atoms with Crippen molar-refractivity contribution in [3.8, 4) is 11.5 Å². The summed E-state index contributed by atoms with van der Waals surface area (Å²) in [6, 6.07) is 17.7. The van der Waals surface area contributed by atoms with Gasteiger partial charge in [-0.05, 0) is 66.7 Å².